The Labute approximate surface area is 195 Å². The zero-order valence-corrected chi connectivity index (χ0v) is 18.8. The normalized spacial score (nSPS) is 10.7. The van der Waals surface area contributed by atoms with Crippen LogP contribution in [0, 0.1) is 5.82 Å². The number of rotatable bonds is 9. The molecule has 0 fully saturated rings. The lowest BCUT2D eigenvalue weighted by Crippen LogP contribution is -2.34. The van der Waals surface area contributed by atoms with Gasteiger partial charge in [0.15, 0.2) is 5.13 Å². The number of hydrogen-bond donors (Lipinski definition) is 2. The number of aromatic nitrogens is 1. The van der Waals surface area contributed by atoms with Gasteiger partial charge in [0, 0.05) is 31.5 Å². The Kier molecular flexibility index (Phi) is 8.43. The van der Waals surface area contributed by atoms with Crippen LogP contribution in [0.4, 0.5) is 15.2 Å². The molecule has 7 nitrogen and oxygen atoms in total. The van der Waals surface area contributed by atoms with E-state index in [2.05, 4.69) is 15.6 Å². The van der Waals surface area contributed by atoms with Gasteiger partial charge < -0.3 is 10.6 Å². The monoisotopic (exact) mass is 466 g/mol. The van der Waals surface area contributed by atoms with Crippen LogP contribution in [-0.4, -0.2) is 35.8 Å². The first kappa shape index (κ1) is 23.8. The minimum absolute atomic E-state index is 0.139. The second-order valence-electron chi connectivity index (χ2n) is 7.02. The molecule has 3 aromatic rings. The first-order valence-corrected chi connectivity index (χ1v) is 11.1. The third kappa shape index (κ3) is 7.36. The summed E-state index contributed by atoms with van der Waals surface area (Å²) in [5.41, 5.74) is 1.98. The van der Waals surface area contributed by atoms with E-state index in [1.54, 1.807) is 23.6 Å². The Bertz CT molecular complexity index is 1130. The Morgan fingerprint density at radius 2 is 1.73 bits per heavy atom. The fourth-order valence-electron chi connectivity index (χ4n) is 2.92. The molecule has 0 saturated heterocycles. The maximum absolute atomic E-state index is 12.9. The lowest BCUT2D eigenvalue weighted by atomic mass is 10.1. The summed E-state index contributed by atoms with van der Waals surface area (Å²) >= 11 is 1.30. The third-order valence-electron chi connectivity index (χ3n) is 4.46. The molecule has 0 radical (unpaired) electrons. The summed E-state index contributed by atoms with van der Waals surface area (Å²) in [6.45, 7) is 1.99. The number of thiazole rings is 1. The molecular weight excluding hydrogens is 443 g/mol. The number of nitrogens with one attached hydrogen (secondary N) is 2. The average molecular weight is 467 g/mol. The minimum atomic E-state index is -0.351. The molecule has 1 heterocycles. The molecule has 0 atom stereocenters. The second-order valence-corrected chi connectivity index (χ2v) is 7.86. The number of para-hydroxylation sites is 1. The van der Waals surface area contributed by atoms with Crippen molar-refractivity contribution in [2.24, 2.45) is 0 Å². The Balaban J connectivity index is 1.44. The standard InChI is InChI=1S/C24H23FN4O3S/c1-17(30)29(21-5-3-2-4-6-21)24-28-20(16-33-24)11-12-22(31)26-13-14-27-23(32)15-18-7-9-19(25)10-8-18/h2-12,16H,13-15H2,1H3,(H,26,31)(H,27,32)/b12-11+. The van der Waals surface area contributed by atoms with E-state index >= 15 is 0 Å². The van der Waals surface area contributed by atoms with Crippen LogP contribution in [0.1, 0.15) is 18.2 Å². The van der Waals surface area contributed by atoms with E-state index in [0.717, 1.165) is 0 Å². The molecule has 9 heteroatoms. The lowest BCUT2D eigenvalue weighted by Gasteiger charge is -2.17. The molecule has 0 aliphatic carbocycles. The van der Waals surface area contributed by atoms with Crippen LogP contribution in [0.2, 0.25) is 0 Å². The average Bonchev–Trinajstić information content (AvgIpc) is 3.26. The second kappa shape index (κ2) is 11.7. The number of amides is 3. The SMILES string of the molecule is CC(=O)N(c1ccccc1)c1nc(/C=C/C(=O)NCCNC(=O)Cc2ccc(F)cc2)cs1. The van der Waals surface area contributed by atoms with E-state index in [4.69, 9.17) is 0 Å². The van der Waals surface area contributed by atoms with Crippen molar-refractivity contribution < 1.29 is 18.8 Å². The summed E-state index contributed by atoms with van der Waals surface area (Å²) in [6.07, 6.45) is 3.05. The van der Waals surface area contributed by atoms with Crippen LogP contribution in [0.5, 0.6) is 0 Å². The molecule has 0 saturated carbocycles. The number of carbonyl (C=O) groups excluding carboxylic acids is 3. The quantitative estimate of drug-likeness (QED) is 0.373. The van der Waals surface area contributed by atoms with Crippen molar-refractivity contribution >= 4 is 46.0 Å². The summed E-state index contributed by atoms with van der Waals surface area (Å²) in [6, 6.07) is 14.9. The molecule has 3 rings (SSSR count). The first-order valence-electron chi connectivity index (χ1n) is 10.2. The predicted octanol–water partition coefficient (Wildman–Crippen LogP) is 3.46. The van der Waals surface area contributed by atoms with Crippen LogP contribution in [0.25, 0.3) is 6.08 Å². The number of hydrogen-bond acceptors (Lipinski definition) is 5. The van der Waals surface area contributed by atoms with Gasteiger partial charge in [-0.25, -0.2) is 9.37 Å². The van der Waals surface area contributed by atoms with Crippen molar-refractivity contribution in [3.8, 4) is 0 Å². The summed E-state index contributed by atoms with van der Waals surface area (Å²) in [5.74, 6) is -1.06. The topological polar surface area (TPSA) is 91.4 Å². The van der Waals surface area contributed by atoms with Crippen molar-refractivity contribution in [1.29, 1.82) is 0 Å². The van der Waals surface area contributed by atoms with E-state index in [1.807, 2.05) is 30.3 Å². The maximum Gasteiger partial charge on any atom is 0.244 e. The largest absolute Gasteiger partial charge is 0.354 e. The Hall–Kier alpha value is -3.85. The number of carbonyl (C=O) groups is 3. The molecule has 2 aromatic carbocycles. The highest BCUT2D eigenvalue weighted by atomic mass is 32.1. The number of anilines is 2. The van der Waals surface area contributed by atoms with Crippen LogP contribution in [0.15, 0.2) is 66.1 Å². The van der Waals surface area contributed by atoms with E-state index in [9.17, 15) is 18.8 Å². The van der Waals surface area contributed by atoms with Crippen LogP contribution >= 0.6 is 11.3 Å². The number of halogens is 1. The van der Waals surface area contributed by atoms with E-state index in [1.165, 1.54) is 41.4 Å². The van der Waals surface area contributed by atoms with Gasteiger partial charge in [0.1, 0.15) is 5.82 Å². The van der Waals surface area contributed by atoms with Gasteiger partial charge in [0.25, 0.3) is 0 Å². The van der Waals surface area contributed by atoms with Crippen molar-refractivity contribution in [1.82, 2.24) is 15.6 Å². The van der Waals surface area contributed by atoms with Crippen LogP contribution < -0.4 is 15.5 Å². The van der Waals surface area contributed by atoms with Crippen molar-refractivity contribution in [3.05, 3.63) is 83.1 Å². The Morgan fingerprint density at radius 1 is 1.03 bits per heavy atom. The van der Waals surface area contributed by atoms with Gasteiger partial charge >= 0.3 is 0 Å². The van der Waals surface area contributed by atoms with Gasteiger partial charge in [-0.05, 0) is 35.9 Å². The molecular formula is C24H23FN4O3S. The van der Waals surface area contributed by atoms with Gasteiger partial charge in [-0.15, -0.1) is 11.3 Å². The molecule has 3 amide bonds. The molecule has 1 aromatic heterocycles. The molecule has 33 heavy (non-hydrogen) atoms. The highest BCUT2D eigenvalue weighted by Crippen LogP contribution is 2.28. The first-order chi connectivity index (χ1) is 15.9. The zero-order valence-electron chi connectivity index (χ0n) is 18.0. The van der Waals surface area contributed by atoms with Gasteiger partial charge in [-0.2, -0.15) is 0 Å². The van der Waals surface area contributed by atoms with Crippen LogP contribution in [-0.2, 0) is 20.8 Å². The van der Waals surface area contributed by atoms with Crippen molar-refractivity contribution in [3.63, 3.8) is 0 Å². The smallest absolute Gasteiger partial charge is 0.244 e. The van der Waals surface area contributed by atoms with Gasteiger partial charge in [0.2, 0.25) is 17.7 Å². The van der Waals surface area contributed by atoms with Crippen molar-refractivity contribution in [2.75, 3.05) is 18.0 Å². The number of nitrogens with zero attached hydrogens (tertiary/aromatic N) is 2. The summed E-state index contributed by atoms with van der Waals surface area (Å²) in [7, 11) is 0. The predicted molar refractivity (Wildman–Crippen MR) is 127 cm³/mol. The number of benzene rings is 2. The lowest BCUT2D eigenvalue weighted by molar-refractivity contribution is -0.121. The Morgan fingerprint density at radius 3 is 2.42 bits per heavy atom. The molecule has 2 N–H and O–H groups in total. The third-order valence-corrected chi connectivity index (χ3v) is 5.30. The molecule has 0 aliphatic rings. The minimum Gasteiger partial charge on any atom is -0.354 e. The fourth-order valence-corrected chi connectivity index (χ4v) is 3.77. The summed E-state index contributed by atoms with van der Waals surface area (Å²) in [4.78, 5) is 41.9. The summed E-state index contributed by atoms with van der Waals surface area (Å²) in [5, 5.41) is 7.64. The zero-order chi connectivity index (χ0) is 23.6. The van der Waals surface area contributed by atoms with E-state index < -0.39 is 0 Å². The highest BCUT2D eigenvalue weighted by Gasteiger charge is 2.17. The van der Waals surface area contributed by atoms with Crippen molar-refractivity contribution in [2.45, 2.75) is 13.3 Å². The summed E-state index contributed by atoms with van der Waals surface area (Å²) < 4.78 is 12.9. The molecule has 0 aliphatic heterocycles. The fraction of sp³-hybridized carbons (Fsp3) is 0.167. The van der Waals surface area contributed by atoms with Gasteiger partial charge in [-0.1, -0.05) is 30.3 Å². The maximum atomic E-state index is 12.9. The van der Waals surface area contributed by atoms with E-state index in [0.29, 0.717) is 22.1 Å². The molecule has 0 spiro atoms. The molecule has 0 bridgehead atoms. The van der Waals surface area contributed by atoms with E-state index in [-0.39, 0.29) is 43.0 Å². The highest BCUT2D eigenvalue weighted by molar-refractivity contribution is 7.14. The molecule has 0 unspecified atom stereocenters. The molecule has 170 valence electrons. The van der Waals surface area contributed by atoms with Gasteiger partial charge in [0.05, 0.1) is 17.8 Å². The van der Waals surface area contributed by atoms with Gasteiger partial charge in [-0.3, -0.25) is 19.3 Å². The van der Waals surface area contributed by atoms with Crippen LogP contribution in [0.3, 0.4) is 0 Å².